The standard InChI is InChI=1S/C18H21N3S.2ClH/c1-20-13-15(14-5-2-3-6-16(14)20)18(17-7-4-12-22-17)21-10-8-19-9-11-21;;/h2-7,12-13,18-19H,8-11H2,1H3;2*1H/t18-;;/m0../s1. The largest absolute Gasteiger partial charge is 0.350 e. The molecule has 0 aliphatic carbocycles. The van der Waals surface area contributed by atoms with Gasteiger partial charge in [-0.2, -0.15) is 0 Å². The first-order chi connectivity index (χ1) is 10.8. The van der Waals surface area contributed by atoms with Gasteiger partial charge in [0, 0.05) is 60.8 Å². The van der Waals surface area contributed by atoms with Gasteiger partial charge in [0.05, 0.1) is 6.04 Å². The van der Waals surface area contributed by atoms with E-state index in [1.807, 2.05) is 11.3 Å². The number of thiophene rings is 1. The molecule has 1 atom stereocenters. The number of fused-ring (bicyclic) bond motifs is 1. The molecule has 1 aliphatic heterocycles. The first kappa shape index (κ1) is 19.3. The lowest BCUT2D eigenvalue weighted by atomic mass is 10.0. The third-order valence-corrected chi connectivity index (χ3v) is 5.48. The summed E-state index contributed by atoms with van der Waals surface area (Å²) >= 11 is 1.87. The molecule has 1 aromatic carbocycles. The van der Waals surface area contributed by atoms with Gasteiger partial charge in [0.25, 0.3) is 0 Å². The van der Waals surface area contributed by atoms with Crippen molar-refractivity contribution >= 4 is 47.1 Å². The Labute approximate surface area is 159 Å². The quantitative estimate of drug-likeness (QED) is 0.735. The minimum Gasteiger partial charge on any atom is -0.350 e. The summed E-state index contributed by atoms with van der Waals surface area (Å²) in [4.78, 5) is 4.06. The molecule has 1 fully saturated rings. The van der Waals surface area contributed by atoms with Crippen molar-refractivity contribution in [1.82, 2.24) is 14.8 Å². The number of halogens is 2. The first-order valence-electron chi connectivity index (χ1n) is 7.87. The molecule has 2 aromatic heterocycles. The van der Waals surface area contributed by atoms with Crippen molar-refractivity contribution in [3.63, 3.8) is 0 Å². The summed E-state index contributed by atoms with van der Waals surface area (Å²) < 4.78 is 2.26. The van der Waals surface area contributed by atoms with E-state index in [1.54, 1.807) is 0 Å². The van der Waals surface area contributed by atoms with E-state index in [-0.39, 0.29) is 24.8 Å². The molecule has 130 valence electrons. The second kappa shape index (κ2) is 8.37. The number of piperazine rings is 1. The molecule has 1 saturated heterocycles. The van der Waals surface area contributed by atoms with Gasteiger partial charge in [-0.05, 0) is 17.5 Å². The molecule has 0 saturated carbocycles. The van der Waals surface area contributed by atoms with Gasteiger partial charge in [0.2, 0.25) is 0 Å². The van der Waals surface area contributed by atoms with Gasteiger partial charge < -0.3 is 9.88 Å². The predicted molar refractivity (Wildman–Crippen MR) is 108 cm³/mol. The van der Waals surface area contributed by atoms with Crippen LogP contribution in [0.25, 0.3) is 10.9 Å². The van der Waals surface area contributed by atoms with E-state index in [0.29, 0.717) is 6.04 Å². The van der Waals surface area contributed by atoms with Gasteiger partial charge in [0.1, 0.15) is 0 Å². The zero-order chi connectivity index (χ0) is 14.9. The average molecular weight is 384 g/mol. The molecule has 0 unspecified atom stereocenters. The van der Waals surface area contributed by atoms with Crippen molar-refractivity contribution < 1.29 is 0 Å². The van der Waals surface area contributed by atoms with Gasteiger partial charge in [-0.15, -0.1) is 36.2 Å². The maximum absolute atomic E-state index is 3.47. The Morgan fingerprint density at radius 2 is 1.79 bits per heavy atom. The monoisotopic (exact) mass is 383 g/mol. The van der Waals surface area contributed by atoms with Crippen LogP contribution >= 0.6 is 36.2 Å². The fourth-order valence-corrected chi connectivity index (χ4v) is 4.38. The van der Waals surface area contributed by atoms with Crippen molar-refractivity contribution in [3.05, 3.63) is 58.4 Å². The summed E-state index contributed by atoms with van der Waals surface area (Å²) in [6, 6.07) is 13.6. The smallest absolute Gasteiger partial charge is 0.0717 e. The molecule has 1 aliphatic rings. The van der Waals surface area contributed by atoms with Crippen LogP contribution in [0.3, 0.4) is 0 Å². The summed E-state index contributed by atoms with van der Waals surface area (Å²) in [6.07, 6.45) is 2.32. The van der Waals surface area contributed by atoms with Crippen LogP contribution in [-0.4, -0.2) is 35.6 Å². The Hall–Kier alpha value is -1.04. The summed E-state index contributed by atoms with van der Waals surface area (Å²) in [7, 11) is 2.15. The molecule has 1 N–H and O–H groups in total. The molecular weight excluding hydrogens is 361 g/mol. The lowest BCUT2D eigenvalue weighted by Crippen LogP contribution is -2.45. The van der Waals surface area contributed by atoms with Gasteiger partial charge in [-0.3, -0.25) is 4.90 Å². The van der Waals surface area contributed by atoms with E-state index in [9.17, 15) is 0 Å². The number of hydrogen-bond acceptors (Lipinski definition) is 3. The highest BCUT2D eigenvalue weighted by Crippen LogP contribution is 2.36. The van der Waals surface area contributed by atoms with Crippen LogP contribution < -0.4 is 5.32 Å². The van der Waals surface area contributed by atoms with Crippen molar-refractivity contribution in [2.45, 2.75) is 6.04 Å². The molecule has 3 aromatic rings. The van der Waals surface area contributed by atoms with Crippen LogP contribution in [0.5, 0.6) is 0 Å². The average Bonchev–Trinajstić information content (AvgIpc) is 3.19. The van der Waals surface area contributed by atoms with E-state index in [1.165, 1.54) is 21.3 Å². The Balaban J connectivity index is 0.00000104. The summed E-state index contributed by atoms with van der Waals surface area (Å²) in [6.45, 7) is 4.36. The van der Waals surface area contributed by atoms with Gasteiger partial charge >= 0.3 is 0 Å². The van der Waals surface area contributed by atoms with Crippen LogP contribution in [0.15, 0.2) is 48.0 Å². The normalized spacial score (nSPS) is 16.4. The minimum absolute atomic E-state index is 0. The Bertz CT molecular complexity index is 764. The van der Waals surface area contributed by atoms with E-state index < -0.39 is 0 Å². The van der Waals surface area contributed by atoms with Crippen LogP contribution in [0.4, 0.5) is 0 Å². The number of nitrogens with zero attached hydrogens (tertiary/aromatic N) is 2. The lowest BCUT2D eigenvalue weighted by Gasteiger charge is -2.34. The Morgan fingerprint density at radius 3 is 2.50 bits per heavy atom. The Kier molecular flexibility index (Phi) is 6.72. The van der Waals surface area contributed by atoms with Crippen LogP contribution in [0.2, 0.25) is 0 Å². The van der Waals surface area contributed by atoms with Gasteiger partial charge in [-0.1, -0.05) is 24.3 Å². The molecule has 0 amide bonds. The number of para-hydroxylation sites is 1. The van der Waals surface area contributed by atoms with Crippen molar-refractivity contribution in [3.8, 4) is 0 Å². The Morgan fingerprint density at radius 1 is 1.04 bits per heavy atom. The molecule has 0 bridgehead atoms. The molecule has 3 nitrogen and oxygen atoms in total. The highest BCUT2D eigenvalue weighted by atomic mass is 35.5. The first-order valence-corrected chi connectivity index (χ1v) is 8.74. The molecule has 4 rings (SSSR count). The number of benzene rings is 1. The highest BCUT2D eigenvalue weighted by Gasteiger charge is 2.27. The highest BCUT2D eigenvalue weighted by molar-refractivity contribution is 7.10. The summed E-state index contributed by atoms with van der Waals surface area (Å²) in [5.74, 6) is 0. The van der Waals surface area contributed by atoms with E-state index in [4.69, 9.17) is 0 Å². The number of rotatable bonds is 3. The van der Waals surface area contributed by atoms with Gasteiger partial charge in [0.15, 0.2) is 0 Å². The maximum atomic E-state index is 3.47. The zero-order valence-electron chi connectivity index (χ0n) is 13.6. The molecule has 3 heterocycles. The van der Waals surface area contributed by atoms with E-state index >= 15 is 0 Å². The number of nitrogens with one attached hydrogen (secondary N) is 1. The topological polar surface area (TPSA) is 20.2 Å². The molecule has 0 radical (unpaired) electrons. The van der Waals surface area contributed by atoms with Gasteiger partial charge in [-0.25, -0.2) is 0 Å². The van der Waals surface area contributed by atoms with Crippen LogP contribution in [-0.2, 0) is 7.05 Å². The fraction of sp³-hybridized carbons (Fsp3) is 0.333. The van der Waals surface area contributed by atoms with Crippen LogP contribution in [0, 0.1) is 0 Å². The second-order valence-electron chi connectivity index (χ2n) is 5.92. The molecule has 6 heteroatoms. The second-order valence-corrected chi connectivity index (χ2v) is 6.90. The lowest BCUT2D eigenvalue weighted by molar-refractivity contribution is 0.201. The summed E-state index contributed by atoms with van der Waals surface area (Å²) in [5.41, 5.74) is 2.75. The zero-order valence-corrected chi connectivity index (χ0v) is 16.1. The van der Waals surface area contributed by atoms with Crippen LogP contribution in [0.1, 0.15) is 16.5 Å². The predicted octanol–water partition coefficient (Wildman–Crippen LogP) is 4.08. The third kappa shape index (κ3) is 3.48. The number of aryl methyl sites for hydroxylation is 1. The van der Waals surface area contributed by atoms with Crippen molar-refractivity contribution in [1.29, 1.82) is 0 Å². The SMILES string of the molecule is Cl.Cl.Cn1cc([C@@H](c2cccs2)N2CCNCC2)c2ccccc21. The minimum atomic E-state index is 0. The third-order valence-electron chi connectivity index (χ3n) is 4.55. The van der Waals surface area contributed by atoms with E-state index in [2.05, 4.69) is 69.8 Å². The van der Waals surface area contributed by atoms with Crippen molar-refractivity contribution in [2.24, 2.45) is 7.05 Å². The maximum Gasteiger partial charge on any atom is 0.0717 e. The fourth-order valence-electron chi connectivity index (χ4n) is 3.51. The molecular formula is C18H23Cl2N3S. The van der Waals surface area contributed by atoms with E-state index in [0.717, 1.165) is 26.2 Å². The molecule has 24 heavy (non-hydrogen) atoms. The van der Waals surface area contributed by atoms with Crippen molar-refractivity contribution in [2.75, 3.05) is 26.2 Å². The summed E-state index contributed by atoms with van der Waals surface area (Å²) in [5, 5.41) is 7.03. The number of hydrogen-bond donors (Lipinski definition) is 1. The molecule has 0 spiro atoms. The number of aromatic nitrogens is 1.